The summed E-state index contributed by atoms with van der Waals surface area (Å²) in [4.78, 5) is 0. The number of anilines is 1. The van der Waals surface area contributed by atoms with Gasteiger partial charge in [0.1, 0.15) is 12.4 Å². The number of hydrogen-bond donors (Lipinski definition) is 1. The van der Waals surface area contributed by atoms with Crippen LogP contribution in [0.5, 0.6) is 5.75 Å². The average molecular weight is 265 g/mol. The Hall–Kier alpha value is -1.22. The van der Waals surface area contributed by atoms with Crippen molar-refractivity contribution < 1.29 is 9.47 Å². The van der Waals surface area contributed by atoms with Gasteiger partial charge in [-0.2, -0.15) is 0 Å². The largest absolute Gasteiger partial charge is 0.489 e. The minimum atomic E-state index is 0.600. The maximum atomic E-state index is 5.73. The third-order valence-corrected chi connectivity index (χ3v) is 2.92. The van der Waals surface area contributed by atoms with Gasteiger partial charge in [-0.05, 0) is 25.5 Å². The molecule has 0 unspecified atom stereocenters. The third-order valence-electron chi connectivity index (χ3n) is 2.92. The first kappa shape index (κ1) is 15.8. The van der Waals surface area contributed by atoms with Gasteiger partial charge in [0.15, 0.2) is 0 Å². The summed E-state index contributed by atoms with van der Waals surface area (Å²) in [5.41, 5.74) is 1.08. The summed E-state index contributed by atoms with van der Waals surface area (Å²) in [5, 5.41) is 3.45. The van der Waals surface area contributed by atoms with Gasteiger partial charge in [0.25, 0.3) is 0 Å². The minimum absolute atomic E-state index is 0.600. The van der Waals surface area contributed by atoms with E-state index in [4.69, 9.17) is 9.47 Å². The zero-order valence-corrected chi connectivity index (χ0v) is 12.3. The van der Waals surface area contributed by atoms with Gasteiger partial charge in [-0.25, -0.2) is 0 Å². The first-order chi connectivity index (χ1) is 9.38. The van der Waals surface area contributed by atoms with Crippen LogP contribution in [0, 0.1) is 0 Å². The first-order valence-electron chi connectivity index (χ1n) is 7.42. The van der Waals surface area contributed by atoms with Crippen LogP contribution in [-0.2, 0) is 4.74 Å². The molecule has 3 heteroatoms. The van der Waals surface area contributed by atoms with Crippen LogP contribution < -0.4 is 10.1 Å². The molecule has 0 amide bonds. The Kier molecular flexibility index (Phi) is 8.90. The number of hydrogen-bond acceptors (Lipinski definition) is 3. The minimum Gasteiger partial charge on any atom is -0.489 e. The average Bonchev–Trinajstić information content (AvgIpc) is 2.45. The molecule has 0 fully saturated rings. The van der Waals surface area contributed by atoms with E-state index in [1.165, 1.54) is 25.7 Å². The van der Waals surface area contributed by atoms with Crippen molar-refractivity contribution in [2.75, 3.05) is 31.7 Å². The smallest absolute Gasteiger partial charge is 0.142 e. The van der Waals surface area contributed by atoms with E-state index in [1.54, 1.807) is 0 Å². The van der Waals surface area contributed by atoms with Crippen LogP contribution in [-0.4, -0.2) is 26.4 Å². The summed E-state index contributed by atoms with van der Waals surface area (Å²) in [5.74, 6) is 0.915. The van der Waals surface area contributed by atoms with E-state index in [-0.39, 0.29) is 0 Å². The van der Waals surface area contributed by atoms with Crippen LogP contribution in [0.25, 0.3) is 0 Å². The molecule has 108 valence electrons. The molecule has 0 spiro atoms. The quantitative estimate of drug-likeness (QED) is 0.611. The van der Waals surface area contributed by atoms with Crippen molar-refractivity contribution in [2.45, 2.75) is 39.5 Å². The maximum absolute atomic E-state index is 5.73. The van der Waals surface area contributed by atoms with E-state index in [9.17, 15) is 0 Å². The molecule has 1 aromatic carbocycles. The van der Waals surface area contributed by atoms with Crippen LogP contribution in [0.4, 0.5) is 5.69 Å². The molecule has 0 saturated carbocycles. The van der Waals surface area contributed by atoms with E-state index < -0.39 is 0 Å². The second kappa shape index (κ2) is 10.7. The van der Waals surface area contributed by atoms with Gasteiger partial charge in [-0.3, -0.25) is 0 Å². The van der Waals surface area contributed by atoms with Gasteiger partial charge >= 0.3 is 0 Å². The molecule has 1 rings (SSSR count). The number of rotatable bonds is 11. The lowest BCUT2D eigenvalue weighted by Crippen LogP contribution is -2.09. The fraction of sp³-hybridized carbons (Fsp3) is 0.625. The van der Waals surface area contributed by atoms with Gasteiger partial charge in [-0.15, -0.1) is 0 Å². The highest BCUT2D eigenvalue weighted by Crippen LogP contribution is 2.23. The highest BCUT2D eigenvalue weighted by atomic mass is 16.5. The van der Waals surface area contributed by atoms with Gasteiger partial charge < -0.3 is 14.8 Å². The molecule has 3 nitrogen and oxygen atoms in total. The molecular formula is C16H27NO2. The highest BCUT2D eigenvalue weighted by Gasteiger charge is 2.01. The van der Waals surface area contributed by atoms with Gasteiger partial charge in [0.05, 0.1) is 12.3 Å². The standard InChI is InChI=1S/C16H27NO2/c1-3-5-6-9-12-17-15-10-7-8-11-16(15)19-14-13-18-4-2/h7-8,10-11,17H,3-6,9,12-14H2,1-2H3. The van der Waals surface area contributed by atoms with Crippen molar-refractivity contribution in [2.24, 2.45) is 0 Å². The van der Waals surface area contributed by atoms with Crippen molar-refractivity contribution in [1.29, 1.82) is 0 Å². The Balaban J connectivity index is 2.31. The summed E-state index contributed by atoms with van der Waals surface area (Å²) < 4.78 is 11.0. The van der Waals surface area contributed by atoms with Crippen molar-refractivity contribution in [3.05, 3.63) is 24.3 Å². The van der Waals surface area contributed by atoms with Crippen molar-refractivity contribution in [3.63, 3.8) is 0 Å². The molecule has 1 N–H and O–H groups in total. The zero-order valence-electron chi connectivity index (χ0n) is 12.3. The molecule has 0 bridgehead atoms. The van der Waals surface area contributed by atoms with E-state index in [0.717, 1.165) is 24.6 Å². The van der Waals surface area contributed by atoms with Crippen LogP contribution in [0.1, 0.15) is 39.5 Å². The lowest BCUT2D eigenvalue weighted by molar-refractivity contribution is 0.110. The second-order valence-electron chi connectivity index (χ2n) is 4.53. The number of nitrogens with one attached hydrogen (secondary N) is 1. The van der Waals surface area contributed by atoms with Crippen molar-refractivity contribution in [1.82, 2.24) is 0 Å². The Bertz CT molecular complexity index is 328. The summed E-state index contributed by atoms with van der Waals surface area (Å²) in [6.45, 7) is 7.21. The zero-order chi connectivity index (χ0) is 13.8. The second-order valence-corrected chi connectivity index (χ2v) is 4.53. The molecule has 19 heavy (non-hydrogen) atoms. The molecule has 0 saturated heterocycles. The molecular weight excluding hydrogens is 238 g/mol. The number of para-hydroxylation sites is 2. The molecule has 1 aromatic rings. The maximum Gasteiger partial charge on any atom is 0.142 e. The summed E-state index contributed by atoms with van der Waals surface area (Å²) in [6.07, 6.45) is 5.09. The predicted octanol–water partition coefficient (Wildman–Crippen LogP) is 4.09. The molecule has 0 heterocycles. The fourth-order valence-corrected chi connectivity index (χ4v) is 1.87. The van der Waals surface area contributed by atoms with Gasteiger partial charge in [0.2, 0.25) is 0 Å². The molecule has 0 radical (unpaired) electrons. The molecule has 0 atom stereocenters. The van der Waals surface area contributed by atoms with Crippen LogP contribution in [0.3, 0.4) is 0 Å². The molecule has 0 aliphatic heterocycles. The van der Waals surface area contributed by atoms with Gasteiger partial charge in [0, 0.05) is 13.2 Å². The number of benzene rings is 1. The Morgan fingerprint density at radius 1 is 1.00 bits per heavy atom. The van der Waals surface area contributed by atoms with E-state index in [0.29, 0.717) is 13.2 Å². The lowest BCUT2D eigenvalue weighted by atomic mass is 10.2. The molecule has 0 aliphatic rings. The third kappa shape index (κ3) is 7.06. The normalized spacial score (nSPS) is 10.4. The Morgan fingerprint density at radius 2 is 1.84 bits per heavy atom. The summed E-state index contributed by atoms with van der Waals surface area (Å²) in [7, 11) is 0. The van der Waals surface area contributed by atoms with E-state index >= 15 is 0 Å². The first-order valence-corrected chi connectivity index (χ1v) is 7.42. The summed E-state index contributed by atoms with van der Waals surface area (Å²) >= 11 is 0. The van der Waals surface area contributed by atoms with Crippen LogP contribution in [0.2, 0.25) is 0 Å². The van der Waals surface area contributed by atoms with Gasteiger partial charge in [-0.1, -0.05) is 38.3 Å². The highest BCUT2D eigenvalue weighted by molar-refractivity contribution is 5.56. The van der Waals surface area contributed by atoms with Crippen molar-refractivity contribution >= 4 is 5.69 Å². The van der Waals surface area contributed by atoms with E-state index in [2.05, 4.69) is 18.3 Å². The van der Waals surface area contributed by atoms with E-state index in [1.807, 2.05) is 25.1 Å². The number of ether oxygens (including phenoxy) is 2. The Morgan fingerprint density at radius 3 is 2.63 bits per heavy atom. The number of unbranched alkanes of at least 4 members (excludes halogenated alkanes) is 3. The van der Waals surface area contributed by atoms with Crippen molar-refractivity contribution in [3.8, 4) is 5.75 Å². The summed E-state index contributed by atoms with van der Waals surface area (Å²) in [6, 6.07) is 8.10. The monoisotopic (exact) mass is 265 g/mol. The topological polar surface area (TPSA) is 30.5 Å². The SMILES string of the molecule is CCCCCCNc1ccccc1OCCOCC. The predicted molar refractivity (Wildman–Crippen MR) is 81.1 cm³/mol. The lowest BCUT2D eigenvalue weighted by Gasteiger charge is -2.13. The molecule has 0 aliphatic carbocycles. The Labute approximate surface area is 117 Å². The van der Waals surface area contributed by atoms with Crippen LogP contribution >= 0.6 is 0 Å². The fourth-order valence-electron chi connectivity index (χ4n) is 1.87. The van der Waals surface area contributed by atoms with Crippen LogP contribution in [0.15, 0.2) is 24.3 Å². The molecule has 0 aromatic heterocycles.